The molecule has 0 saturated heterocycles. The molecule has 0 aliphatic carbocycles. The molecular weight excluding hydrogens is 258 g/mol. The fourth-order valence-corrected chi connectivity index (χ4v) is 2.22. The van der Waals surface area contributed by atoms with Crippen LogP contribution in [0.25, 0.3) is 11.1 Å². The number of ether oxygens (including phenoxy) is 2. The highest BCUT2D eigenvalue weighted by Gasteiger charge is 2.35. The van der Waals surface area contributed by atoms with Gasteiger partial charge in [0.2, 0.25) is 5.79 Å². The lowest BCUT2D eigenvalue weighted by Crippen LogP contribution is -2.39. The monoisotopic (exact) mass is 271 g/mol. The number of hydrogen-bond donors (Lipinski definition) is 0. The van der Waals surface area contributed by atoms with Crippen LogP contribution >= 0.6 is 0 Å². The van der Waals surface area contributed by atoms with Gasteiger partial charge in [0.05, 0.1) is 0 Å². The van der Waals surface area contributed by atoms with Crippen LogP contribution in [0.4, 0.5) is 0 Å². The Morgan fingerprint density at radius 3 is 2.50 bits per heavy atom. The third kappa shape index (κ3) is 2.07. The van der Waals surface area contributed by atoms with E-state index < -0.39 is 11.8 Å². The number of aromatic nitrogens is 1. The highest BCUT2D eigenvalue weighted by Crippen LogP contribution is 2.37. The molecule has 5 nitrogen and oxygen atoms in total. The van der Waals surface area contributed by atoms with Crippen LogP contribution in [0.2, 0.25) is 0 Å². The van der Waals surface area contributed by atoms with Crippen molar-refractivity contribution in [2.75, 3.05) is 0 Å². The van der Waals surface area contributed by atoms with Crippen LogP contribution in [-0.4, -0.2) is 11.8 Å². The second kappa shape index (κ2) is 4.23. The van der Waals surface area contributed by atoms with Gasteiger partial charge in [-0.1, -0.05) is 12.1 Å². The molecule has 0 atom stereocenters. The summed E-state index contributed by atoms with van der Waals surface area (Å²) < 4.78 is 11.6. The first-order chi connectivity index (χ1) is 9.46. The number of carbonyl (C=O) groups excluding carboxylic acids is 1. The van der Waals surface area contributed by atoms with Crippen molar-refractivity contribution in [2.45, 2.75) is 19.6 Å². The molecule has 0 saturated carbocycles. The predicted octanol–water partition coefficient (Wildman–Crippen LogP) is 2.27. The van der Waals surface area contributed by atoms with Crippen molar-refractivity contribution in [2.24, 2.45) is 0 Å². The number of rotatable bonds is 1. The first-order valence-electron chi connectivity index (χ1n) is 6.21. The van der Waals surface area contributed by atoms with Gasteiger partial charge in [0.15, 0.2) is 12.4 Å². The number of esters is 1. The molecule has 0 radical (unpaired) electrons. The van der Waals surface area contributed by atoms with Gasteiger partial charge < -0.3 is 14.7 Å². The van der Waals surface area contributed by atoms with Gasteiger partial charge in [0.25, 0.3) is 0 Å². The van der Waals surface area contributed by atoms with E-state index in [1.54, 1.807) is 44.2 Å². The summed E-state index contributed by atoms with van der Waals surface area (Å²) in [4.78, 5) is 12.2. The number of benzene rings is 1. The SMILES string of the molecule is CC1(C)OC(=O)c2c(cccc2-c2cc[n+]([O-])cc2)O1. The topological polar surface area (TPSA) is 62.5 Å². The maximum absolute atomic E-state index is 12.2. The predicted molar refractivity (Wildman–Crippen MR) is 71.0 cm³/mol. The van der Waals surface area contributed by atoms with E-state index in [1.165, 1.54) is 12.4 Å². The maximum atomic E-state index is 12.2. The zero-order valence-electron chi connectivity index (χ0n) is 11.1. The molecule has 0 fully saturated rings. The number of nitrogens with zero attached hydrogens (tertiary/aromatic N) is 1. The van der Waals surface area contributed by atoms with Gasteiger partial charge in [-0.15, -0.1) is 0 Å². The molecule has 0 amide bonds. The summed E-state index contributed by atoms with van der Waals surface area (Å²) in [5.41, 5.74) is 1.83. The highest BCUT2D eigenvalue weighted by atomic mass is 16.7. The van der Waals surface area contributed by atoms with Crippen LogP contribution in [-0.2, 0) is 4.74 Å². The standard InChI is InChI=1S/C15H13NO4/c1-15(2)19-12-5-3-4-11(13(12)14(17)20-15)10-6-8-16(18)9-7-10/h3-9H,1-2H3. The Labute approximate surface area is 116 Å². The van der Waals surface area contributed by atoms with E-state index in [4.69, 9.17) is 9.47 Å². The van der Waals surface area contributed by atoms with Crippen molar-refractivity contribution in [3.8, 4) is 16.9 Å². The van der Waals surface area contributed by atoms with Crippen LogP contribution in [0, 0.1) is 5.21 Å². The minimum absolute atomic E-state index is 0.385. The van der Waals surface area contributed by atoms with E-state index in [0.29, 0.717) is 21.6 Å². The van der Waals surface area contributed by atoms with E-state index >= 15 is 0 Å². The summed E-state index contributed by atoms with van der Waals surface area (Å²) in [6, 6.07) is 8.64. The summed E-state index contributed by atoms with van der Waals surface area (Å²) in [7, 11) is 0. The van der Waals surface area contributed by atoms with Crippen LogP contribution in [0.5, 0.6) is 5.75 Å². The summed E-state index contributed by atoms with van der Waals surface area (Å²) >= 11 is 0. The average molecular weight is 271 g/mol. The minimum Gasteiger partial charge on any atom is -0.619 e. The van der Waals surface area contributed by atoms with E-state index in [2.05, 4.69) is 0 Å². The summed E-state index contributed by atoms with van der Waals surface area (Å²) in [6.45, 7) is 3.37. The van der Waals surface area contributed by atoms with Gasteiger partial charge in [-0.3, -0.25) is 0 Å². The average Bonchev–Trinajstić information content (AvgIpc) is 2.37. The van der Waals surface area contributed by atoms with E-state index in [-0.39, 0.29) is 0 Å². The lowest BCUT2D eigenvalue weighted by molar-refractivity contribution is -0.605. The molecule has 1 aromatic heterocycles. The molecule has 20 heavy (non-hydrogen) atoms. The van der Waals surface area contributed by atoms with Crippen molar-refractivity contribution in [3.63, 3.8) is 0 Å². The van der Waals surface area contributed by atoms with Gasteiger partial charge in [0, 0.05) is 31.5 Å². The van der Waals surface area contributed by atoms with Crippen molar-refractivity contribution in [1.29, 1.82) is 0 Å². The third-order valence-corrected chi connectivity index (χ3v) is 3.04. The third-order valence-electron chi connectivity index (χ3n) is 3.04. The largest absolute Gasteiger partial charge is 0.619 e. The Hall–Kier alpha value is -2.56. The van der Waals surface area contributed by atoms with E-state index in [1.807, 2.05) is 0 Å². The molecule has 1 aliphatic rings. The fourth-order valence-electron chi connectivity index (χ4n) is 2.22. The van der Waals surface area contributed by atoms with Crippen molar-refractivity contribution >= 4 is 5.97 Å². The zero-order valence-corrected chi connectivity index (χ0v) is 11.1. The Balaban J connectivity index is 2.15. The molecule has 0 N–H and O–H groups in total. The quantitative estimate of drug-likeness (QED) is 0.453. The number of cyclic esters (lactones) is 1. The van der Waals surface area contributed by atoms with Crippen molar-refractivity contribution in [1.82, 2.24) is 0 Å². The van der Waals surface area contributed by atoms with E-state index in [0.717, 1.165) is 5.56 Å². The van der Waals surface area contributed by atoms with Crippen molar-refractivity contribution in [3.05, 3.63) is 53.5 Å². The number of fused-ring (bicyclic) bond motifs is 1. The molecule has 2 aromatic rings. The van der Waals surface area contributed by atoms with Crippen LogP contribution < -0.4 is 9.47 Å². The number of hydrogen-bond acceptors (Lipinski definition) is 4. The van der Waals surface area contributed by atoms with Crippen molar-refractivity contribution < 1.29 is 19.0 Å². The first kappa shape index (κ1) is 12.5. The van der Waals surface area contributed by atoms with Gasteiger partial charge in [0.1, 0.15) is 11.3 Å². The fraction of sp³-hybridized carbons (Fsp3) is 0.200. The number of pyridine rings is 1. The Morgan fingerprint density at radius 2 is 1.80 bits per heavy atom. The Kier molecular flexibility index (Phi) is 2.64. The molecular formula is C15H13NO4. The molecule has 1 aliphatic heterocycles. The second-order valence-electron chi connectivity index (χ2n) is 5.02. The molecule has 102 valence electrons. The lowest BCUT2D eigenvalue weighted by Gasteiger charge is -2.32. The maximum Gasteiger partial charge on any atom is 0.345 e. The Morgan fingerprint density at radius 1 is 1.10 bits per heavy atom. The molecule has 0 bridgehead atoms. The van der Waals surface area contributed by atoms with E-state index in [9.17, 15) is 10.0 Å². The normalized spacial score (nSPS) is 16.0. The van der Waals surface area contributed by atoms with Gasteiger partial charge in [-0.05, 0) is 11.6 Å². The smallest absolute Gasteiger partial charge is 0.345 e. The highest BCUT2D eigenvalue weighted by molar-refractivity contribution is 6.01. The summed E-state index contributed by atoms with van der Waals surface area (Å²) in [5, 5.41) is 11.1. The molecule has 0 spiro atoms. The van der Waals surface area contributed by atoms with Gasteiger partial charge in [-0.25, -0.2) is 4.79 Å². The minimum atomic E-state index is -0.975. The van der Waals surface area contributed by atoms with Gasteiger partial charge >= 0.3 is 5.97 Å². The molecule has 5 heteroatoms. The van der Waals surface area contributed by atoms with Crippen LogP contribution in [0.1, 0.15) is 24.2 Å². The van der Waals surface area contributed by atoms with Crippen LogP contribution in [0.15, 0.2) is 42.7 Å². The summed E-state index contributed by atoms with van der Waals surface area (Å²) in [6.07, 6.45) is 2.77. The lowest BCUT2D eigenvalue weighted by atomic mass is 9.99. The zero-order chi connectivity index (χ0) is 14.3. The molecule has 3 rings (SSSR count). The molecule has 0 unspecified atom stereocenters. The Bertz CT molecular complexity index is 677. The second-order valence-corrected chi connectivity index (χ2v) is 5.02. The summed E-state index contributed by atoms with van der Waals surface area (Å²) in [5.74, 6) is -0.912. The number of carbonyl (C=O) groups is 1. The molecule has 1 aromatic carbocycles. The van der Waals surface area contributed by atoms with Crippen LogP contribution in [0.3, 0.4) is 0 Å². The molecule has 2 heterocycles. The first-order valence-corrected chi connectivity index (χ1v) is 6.21. The van der Waals surface area contributed by atoms with Gasteiger partial charge in [-0.2, -0.15) is 4.73 Å².